The molecule has 1 aliphatic rings. The first-order chi connectivity index (χ1) is 6.97. The minimum Gasteiger partial charge on any atom is -0.212 e. The van der Waals surface area contributed by atoms with E-state index in [2.05, 4.69) is 15.9 Å². The summed E-state index contributed by atoms with van der Waals surface area (Å²) in [6.45, 7) is 3.14. The molecule has 0 saturated carbocycles. The summed E-state index contributed by atoms with van der Waals surface area (Å²) in [5.41, 5.74) is 0. The molecular weight excluding hydrogens is 298 g/mol. The summed E-state index contributed by atoms with van der Waals surface area (Å²) in [5.74, 6) is 0.540. The Morgan fingerprint density at radius 2 is 2.40 bits per heavy atom. The van der Waals surface area contributed by atoms with Crippen molar-refractivity contribution in [1.82, 2.24) is 4.31 Å². The second kappa shape index (κ2) is 4.16. The highest BCUT2D eigenvalue weighted by atomic mass is 79.9. The van der Waals surface area contributed by atoms with Gasteiger partial charge >= 0.3 is 0 Å². The monoisotopic (exact) mass is 309 g/mol. The van der Waals surface area contributed by atoms with Crippen molar-refractivity contribution in [3.63, 3.8) is 0 Å². The van der Waals surface area contributed by atoms with Gasteiger partial charge in [0.1, 0.15) is 0 Å². The third-order valence-electron chi connectivity index (χ3n) is 2.36. The fourth-order valence-electron chi connectivity index (χ4n) is 1.75. The molecule has 15 heavy (non-hydrogen) atoms. The van der Waals surface area contributed by atoms with Gasteiger partial charge in [-0.05, 0) is 27.9 Å². The highest BCUT2D eigenvalue weighted by Gasteiger charge is 2.33. The van der Waals surface area contributed by atoms with E-state index in [0.29, 0.717) is 18.8 Å². The Morgan fingerprint density at radius 3 is 2.87 bits per heavy atom. The standard InChI is InChI=1S/C9H12BrNO2S2/c1-7-3-11(15(12,13)6-7)4-9-2-8(10)5-14-9/h2,5,7H,3-4,6H2,1H3. The van der Waals surface area contributed by atoms with Gasteiger partial charge in [0.15, 0.2) is 0 Å². The van der Waals surface area contributed by atoms with Gasteiger partial charge in [-0.1, -0.05) is 6.92 Å². The molecule has 1 fully saturated rings. The van der Waals surface area contributed by atoms with Crippen molar-refractivity contribution in [3.05, 3.63) is 20.8 Å². The molecule has 0 bridgehead atoms. The Kier molecular flexibility index (Phi) is 3.21. The Morgan fingerprint density at radius 1 is 1.67 bits per heavy atom. The fraction of sp³-hybridized carbons (Fsp3) is 0.556. The molecule has 0 aliphatic carbocycles. The number of rotatable bonds is 2. The maximum atomic E-state index is 11.7. The van der Waals surface area contributed by atoms with Gasteiger partial charge in [0.05, 0.1) is 5.75 Å². The number of hydrogen-bond donors (Lipinski definition) is 0. The smallest absolute Gasteiger partial charge is 0.212 e. The van der Waals surface area contributed by atoms with Crippen LogP contribution >= 0.6 is 27.3 Å². The van der Waals surface area contributed by atoms with E-state index in [4.69, 9.17) is 0 Å². The number of thiophene rings is 1. The highest BCUT2D eigenvalue weighted by Crippen LogP contribution is 2.26. The van der Waals surface area contributed by atoms with Crippen molar-refractivity contribution in [1.29, 1.82) is 0 Å². The van der Waals surface area contributed by atoms with Crippen molar-refractivity contribution in [2.45, 2.75) is 13.5 Å². The Balaban J connectivity index is 2.13. The van der Waals surface area contributed by atoms with Gasteiger partial charge in [-0.15, -0.1) is 11.3 Å². The molecule has 2 rings (SSSR count). The summed E-state index contributed by atoms with van der Waals surface area (Å²) >= 11 is 4.95. The lowest BCUT2D eigenvalue weighted by Gasteiger charge is -2.12. The molecule has 0 radical (unpaired) electrons. The zero-order valence-electron chi connectivity index (χ0n) is 8.31. The number of halogens is 1. The molecule has 3 nitrogen and oxygen atoms in total. The summed E-state index contributed by atoms with van der Waals surface area (Å²) in [6.07, 6.45) is 0. The van der Waals surface area contributed by atoms with Gasteiger partial charge in [0.2, 0.25) is 10.0 Å². The first-order valence-electron chi connectivity index (χ1n) is 4.68. The zero-order chi connectivity index (χ0) is 11.1. The normalized spacial score (nSPS) is 25.9. The minimum atomic E-state index is -3.00. The van der Waals surface area contributed by atoms with Crippen LogP contribution in [0.5, 0.6) is 0 Å². The van der Waals surface area contributed by atoms with Crippen LogP contribution in [-0.2, 0) is 16.6 Å². The molecule has 6 heteroatoms. The van der Waals surface area contributed by atoms with Gasteiger partial charge < -0.3 is 0 Å². The van der Waals surface area contributed by atoms with Crippen LogP contribution in [0.3, 0.4) is 0 Å². The summed E-state index contributed by atoms with van der Waals surface area (Å²) < 4.78 is 26.0. The molecule has 1 saturated heterocycles. The van der Waals surface area contributed by atoms with Crippen molar-refractivity contribution in [2.24, 2.45) is 5.92 Å². The molecule has 1 aliphatic heterocycles. The minimum absolute atomic E-state index is 0.249. The van der Waals surface area contributed by atoms with Crippen LogP contribution in [0, 0.1) is 5.92 Å². The second-order valence-corrected chi connectivity index (χ2v) is 7.83. The summed E-state index contributed by atoms with van der Waals surface area (Å²) in [6, 6.07) is 1.98. The van der Waals surface area contributed by atoms with Gasteiger partial charge in [-0.3, -0.25) is 0 Å². The van der Waals surface area contributed by atoms with Gasteiger partial charge in [0.25, 0.3) is 0 Å². The molecule has 0 amide bonds. The maximum Gasteiger partial charge on any atom is 0.214 e. The third kappa shape index (κ3) is 2.61. The maximum absolute atomic E-state index is 11.7. The second-order valence-electron chi connectivity index (χ2n) is 3.91. The van der Waals surface area contributed by atoms with E-state index in [1.807, 2.05) is 18.4 Å². The summed E-state index contributed by atoms with van der Waals surface area (Å²) in [5, 5.41) is 1.97. The lowest BCUT2D eigenvalue weighted by molar-refractivity contribution is 0.412. The largest absolute Gasteiger partial charge is 0.214 e. The molecule has 0 N–H and O–H groups in total. The number of hydrogen-bond acceptors (Lipinski definition) is 3. The Bertz CT molecular complexity index is 454. The van der Waals surface area contributed by atoms with Crippen LogP contribution < -0.4 is 0 Å². The van der Waals surface area contributed by atoms with Gasteiger partial charge in [0, 0.05) is 27.8 Å². The zero-order valence-corrected chi connectivity index (χ0v) is 11.5. The van der Waals surface area contributed by atoms with Crippen LogP contribution in [0.1, 0.15) is 11.8 Å². The lowest BCUT2D eigenvalue weighted by Crippen LogP contribution is -2.24. The predicted octanol–water partition coefficient (Wildman–Crippen LogP) is 2.29. The molecule has 0 spiro atoms. The average molecular weight is 310 g/mol. The van der Waals surface area contributed by atoms with Crippen molar-refractivity contribution < 1.29 is 8.42 Å². The first-order valence-corrected chi connectivity index (χ1v) is 7.96. The van der Waals surface area contributed by atoms with Crippen molar-refractivity contribution in [3.8, 4) is 0 Å². The summed E-state index contributed by atoms with van der Waals surface area (Å²) in [7, 11) is -3.00. The van der Waals surface area contributed by atoms with E-state index in [1.165, 1.54) is 0 Å². The number of sulfonamides is 1. The molecule has 84 valence electrons. The van der Waals surface area contributed by atoms with E-state index in [-0.39, 0.29) is 5.92 Å². The summed E-state index contributed by atoms with van der Waals surface area (Å²) in [4.78, 5) is 1.08. The average Bonchev–Trinajstić information content (AvgIpc) is 2.58. The van der Waals surface area contributed by atoms with Gasteiger partial charge in [-0.2, -0.15) is 4.31 Å². The molecule has 1 atom stereocenters. The van der Waals surface area contributed by atoms with E-state index in [0.717, 1.165) is 9.35 Å². The molecule has 1 aromatic rings. The van der Waals surface area contributed by atoms with Crippen molar-refractivity contribution >= 4 is 37.3 Å². The molecule has 2 heterocycles. The fourth-order valence-corrected chi connectivity index (χ4v) is 5.15. The van der Waals surface area contributed by atoms with Crippen LogP contribution in [0.15, 0.2) is 15.9 Å². The number of nitrogens with zero attached hydrogens (tertiary/aromatic N) is 1. The van der Waals surface area contributed by atoms with Crippen LogP contribution in [0.2, 0.25) is 0 Å². The van der Waals surface area contributed by atoms with E-state index in [1.54, 1.807) is 15.6 Å². The SMILES string of the molecule is CC1CN(Cc2cc(Br)cs2)S(=O)(=O)C1. The topological polar surface area (TPSA) is 37.4 Å². The van der Waals surface area contributed by atoms with Crippen LogP contribution in [-0.4, -0.2) is 25.0 Å². The Hall–Kier alpha value is 0.0900. The Labute approximate surface area is 102 Å². The third-order valence-corrected chi connectivity index (χ3v) is 6.10. The van der Waals surface area contributed by atoms with Gasteiger partial charge in [-0.25, -0.2) is 8.42 Å². The molecule has 1 unspecified atom stereocenters. The van der Waals surface area contributed by atoms with E-state index < -0.39 is 10.0 Å². The lowest BCUT2D eigenvalue weighted by atomic mass is 10.2. The highest BCUT2D eigenvalue weighted by molar-refractivity contribution is 9.10. The van der Waals surface area contributed by atoms with Crippen molar-refractivity contribution in [2.75, 3.05) is 12.3 Å². The molecule has 1 aromatic heterocycles. The van der Waals surface area contributed by atoms with Crippen LogP contribution in [0.4, 0.5) is 0 Å². The quantitative estimate of drug-likeness (QED) is 0.840. The first kappa shape index (κ1) is 11.6. The molecular formula is C9H12BrNO2S2. The van der Waals surface area contributed by atoms with E-state index in [9.17, 15) is 8.42 Å². The van der Waals surface area contributed by atoms with E-state index >= 15 is 0 Å². The molecule has 0 aromatic carbocycles. The van der Waals surface area contributed by atoms with Crippen LogP contribution in [0.25, 0.3) is 0 Å². The predicted molar refractivity (Wildman–Crippen MR) is 65.4 cm³/mol.